The van der Waals surface area contributed by atoms with Gasteiger partial charge in [-0.25, -0.2) is 0 Å². The number of aromatic nitrogens is 4. The van der Waals surface area contributed by atoms with Crippen molar-refractivity contribution in [2.45, 2.75) is 25.7 Å². The molecule has 1 fully saturated rings. The van der Waals surface area contributed by atoms with Gasteiger partial charge in [0.15, 0.2) is 0 Å². The first-order valence-electron chi connectivity index (χ1n) is 9.31. The van der Waals surface area contributed by atoms with Crippen LogP contribution in [0, 0.1) is 6.92 Å². The number of fused-ring (bicyclic) bond motifs is 1. The molecule has 0 unspecified atom stereocenters. The monoisotopic (exact) mass is 377 g/mol. The molecule has 142 valence electrons. The maximum absolute atomic E-state index is 12.7. The van der Waals surface area contributed by atoms with Crippen LogP contribution in [0.25, 0.3) is 22.4 Å². The lowest BCUT2D eigenvalue weighted by Gasteiger charge is -2.30. The van der Waals surface area contributed by atoms with E-state index in [-0.39, 0.29) is 11.8 Å². The van der Waals surface area contributed by atoms with Gasteiger partial charge >= 0.3 is 0 Å². The summed E-state index contributed by atoms with van der Waals surface area (Å²) in [5.41, 5.74) is 2.35. The highest BCUT2D eigenvalue weighted by molar-refractivity contribution is 5.94. The number of aryl methyl sites for hydroxylation is 1. The summed E-state index contributed by atoms with van der Waals surface area (Å²) in [4.78, 5) is 22.5. The fourth-order valence-electron chi connectivity index (χ4n) is 3.74. The molecule has 1 aliphatic heterocycles. The summed E-state index contributed by atoms with van der Waals surface area (Å²) >= 11 is 0. The maximum Gasteiger partial charge on any atom is 0.259 e. The average molecular weight is 377 g/mol. The Morgan fingerprint density at radius 1 is 1.29 bits per heavy atom. The van der Waals surface area contributed by atoms with Crippen molar-refractivity contribution < 1.29 is 13.8 Å². The molecule has 0 bridgehead atoms. The molecule has 28 heavy (non-hydrogen) atoms. The lowest BCUT2D eigenvalue weighted by atomic mass is 9.97. The van der Waals surface area contributed by atoms with E-state index in [0.717, 1.165) is 29.4 Å². The fourth-order valence-corrected chi connectivity index (χ4v) is 3.74. The van der Waals surface area contributed by atoms with Gasteiger partial charge in [0.1, 0.15) is 11.3 Å². The highest BCUT2D eigenvalue weighted by Crippen LogP contribution is 2.29. The second-order valence-corrected chi connectivity index (χ2v) is 7.11. The molecule has 8 heteroatoms. The first kappa shape index (κ1) is 16.7. The molecule has 4 aromatic rings. The highest BCUT2D eigenvalue weighted by Gasteiger charge is 2.30. The summed E-state index contributed by atoms with van der Waals surface area (Å²) in [6, 6.07) is 10.0. The zero-order valence-corrected chi connectivity index (χ0v) is 15.4. The Bertz CT molecular complexity index is 1110. The van der Waals surface area contributed by atoms with Crippen LogP contribution in [-0.2, 0) is 0 Å². The van der Waals surface area contributed by atoms with Crippen molar-refractivity contribution in [1.82, 2.24) is 25.2 Å². The van der Waals surface area contributed by atoms with E-state index in [1.54, 1.807) is 11.8 Å². The third kappa shape index (κ3) is 2.87. The van der Waals surface area contributed by atoms with E-state index in [1.165, 1.54) is 6.20 Å². The number of hydrogen-bond acceptors (Lipinski definition) is 6. The lowest BCUT2D eigenvalue weighted by molar-refractivity contribution is 0.0694. The summed E-state index contributed by atoms with van der Waals surface area (Å²) in [6.45, 7) is 2.98. The molecule has 1 atom stereocenters. The Balaban J connectivity index is 1.36. The Labute approximate surface area is 160 Å². The number of H-pyrrole nitrogens is 1. The van der Waals surface area contributed by atoms with E-state index in [2.05, 4.69) is 20.3 Å². The van der Waals surface area contributed by atoms with Crippen molar-refractivity contribution >= 4 is 16.8 Å². The molecule has 8 nitrogen and oxygen atoms in total. The van der Waals surface area contributed by atoms with Crippen LogP contribution in [0.2, 0.25) is 0 Å². The summed E-state index contributed by atoms with van der Waals surface area (Å²) in [7, 11) is 0. The molecule has 1 aromatic carbocycles. The molecule has 0 spiro atoms. The molecule has 0 radical (unpaired) electrons. The van der Waals surface area contributed by atoms with E-state index < -0.39 is 0 Å². The maximum atomic E-state index is 12.7. The van der Waals surface area contributed by atoms with Gasteiger partial charge in [0, 0.05) is 24.0 Å². The number of hydrogen-bond donors (Lipinski definition) is 1. The molecule has 1 saturated heterocycles. The second kappa shape index (κ2) is 6.63. The quantitative estimate of drug-likeness (QED) is 0.586. The summed E-state index contributed by atoms with van der Waals surface area (Å²) in [6.07, 6.45) is 3.26. The number of carbonyl (C=O) groups is 1. The smallest absolute Gasteiger partial charge is 0.259 e. The zero-order valence-electron chi connectivity index (χ0n) is 15.4. The lowest BCUT2D eigenvalue weighted by Crippen LogP contribution is -2.39. The van der Waals surface area contributed by atoms with Crippen molar-refractivity contribution in [2.24, 2.45) is 0 Å². The number of aromatic amines is 1. The first-order chi connectivity index (χ1) is 13.7. The molecule has 3 aromatic heterocycles. The third-order valence-corrected chi connectivity index (χ3v) is 5.25. The fraction of sp³-hybridized carbons (Fsp3) is 0.300. The van der Waals surface area contributed by atoms with Crippen molar-refractivity contribution in [3.63, 3.8) is 0 Å². The summed E-state index contributed by atoms with van der Waals surface area (Å²) in [5, 5.41) is 8.95. The Morgan fingerprint density at radius 2 is 2.18 bits per heavy atom. The van der Waals surface area contributed by atoms with Gasteiger partial charge in [-0.05, 0) is 31.9 Å². The normalized spacial score (nSPS) is 17.3. The van der Waals surface area contributed by atoms with Gasteiger partial charge in [-0.15, -0.1) is 0 Å². The number of carbonyl (C=O) groups excluding carboxylic acids is 1. The van der Waals surface area contributed by atoms with Crippen LogP contribution < -0.4 is 0 Å². The van der Waals surface area contributed by atoms with Crippen LogP contribution in [0.1, 0.15) is 40.8 Å². The number of para-hydroxylation sites is 1. The van der Waals surface area contributed by atoms with Gasteiger partial charge in [-0.2, -0.15) is 4.98 Å². The van der Waals surface area contributed by atoms with E-state index >= 15 is 0 Å². The van der Waals surface area contributed by atoms with Gasteiger partial charge < -0.3 is 18.9 Å². The minimum atomic E-state index is -0.0705. The highest BCUT2D eigenvalue weighted by atomic mass is 16.5. The number of nitrogens with one attached hydrogen (secondary N) is 1. The van der Waals surface area contributed by atoms with E-state index in [0.29, 0.717) is 36.1 Å². The van der Waals surface area contributed by atoms with Crippen LogP contribution >= 0.6 is 0 Å². The zero-order chi connectivity index (χ0) is 19.1. The predicted molar refractivity (Wildman–Crippen MR) is 101 cm³/mol. The SMILES string of the molecule is Cc1oncc1C(=O)N1CCC[C@H](c2nc(-c3cc4ccccc4[nH]3)no2)C1. The van der Waals surface area contributed by atoms with Crippen LogP contribution in [0.5, 0.6) is 0 Å². The Morgan fingerprint density at radius 3 is 3.00 bits per heavy atom. The number of rotatable bonds is 3. The number of likely N-dealkylation sites (tertiary alicyclic amines) is 1. The number of piperidine rings is 1. The van der Waals surface area contributed by atoms with Gasteiger partial charge in [0.2, 0.25) is 11.7 Å². The molecule has 0 aliphatic carbocycles. The largest absolute Gasteiger partial charge is 0.361 e. The number of nitrogens with zero attached hydrogens (tertiary/aromatic N) is 4. The average Bonchev–Trinajstić information content (AvgIpc) is 3.46. The van der Waals surface area contributed by atoms with Crippen LogP contribution in [-0.4, -0.2) is 44.2 Å². The molecular formula is C20H19N5O3. The van der Waals surface area contributed by atoms with Gasteiger partial charge in [-0.3, -0.25) is 4.79 Å². The molecule has 0 saturated carbocycles. The van der Waals surface area contributed by atoms with Crippen LogP contribution in [0.15, 0.2) is 45.6 Å². The topological polar surface area (TPSA) is 101 Å². The Kier molecular flexibility index (Phi) is 3.96. The molecule has 5 rings (SSSR count). The third-order valence-electron chi connectivity index (χ3n) is 5.25. The van der Waals surface area contributed by atoms with Crippen molar-refractivity contribution in [1.29, 1.82) is 0 Å². The van der Waals surface area contributed by atoms with Crippen molar-refractivity contribution in [2.75, 3.05) is 13.1 Å². The molecule has 1 N–H and O–H groups in total. The minimum absolute atomic E-state index is 0.0171. The van der Waals surface area contributed by atoms with Gasteiger partial charge in [-0.1, -0.05) is 28.5 Å². The molecular weight excluding hydrogens is 358 g/mol. The van der Waals surface area contributed by atoms with E-state index in [1.807, 2.05) is 30.3 Å². The minimum Gasteiger partial charge on any atom is -0.361 e. The first-order valence-corrected chi connectivity index (χ1v) is 9.31. The van der Waals surface area contributed by atoms with Crippen molar-refractivity contribution in [3.05, 3.63) is 53.7 Å². The van der Waals surface area contributed by atoms with Gasteiger partial charge in [0.05, 0.1) is 17.8 Å². The standard InChI is InChI=1S/C20H19N5O3/c1-12-15(10-21-27-12)20(26)25-8-4-6-14(11-25)19-23-18(24-28-19)17-9-13-5-2-3-7-16(13)22-17/h2-3,5,7,9-10,14,22H,4,6,8,11H2,1H3/t14-/m0/s1. The van der Waals surface area contributed by atoms with Crippen LogP contribution in [0.3, 0.4) is 0 Å². The molecule has 1 aliphatic rings. The summed E-state index contributed by atoms with van der Waals surface area (Å²) < 4.78 is 10.6. The van der Waals surface area contributed by atoms with Gasteiger partial charge in [0.25, 0.3) is 5.91 Å². The molecule has 4 heterocycles. The van der Waals surface area contributed by atoms with E-state index in [9.17, 15) is 4.79 Å². The van der Waals surface area contributed by atoms with Crippen molar-refractivity contribution in [3.8, 4) is 11.5 Å². The van der Waals surface area contributed by atoms with E-state index in [4.69, 9.17) is 9.05 Å². The Hall–Kier alpha value is -3.42. The number of amides is 1. The predicted octanol–water partition coefficient (Wildman–Crippen LogP) is 3.53. The van der Waals surface area contributed by atoms with Crippen LogP contribution in [0.4, 0.5) is 0 Å². The molecule has 1 amide bonds. The number of benzene rings is 1. The second-order valence-electron chi connectivity index (χ2n) is 7.11. The summed E-state index contributed by atoms with van der Waals surface area (Å²) in [5.74, 6) is 1.58.